The SMILES string of the molecule is C1CCCC1.C1CCCC1.CC(C)(C)SC1CCCC1CCCOCCO.CC(C)(C)SC1CCCC1CCCOCCO.O.[CH3-].[CH3-].[CH3-].[CH3-].[Fe+2].[Fe+2]. The molecule has 0 aromatic heterocycles. The largest absolute Gasteiger partial charge is 2.00 e. The average Bonchev–Trinajstić information content (AvgIpc) is 3.79. The summed E-state index contributed by atoms with van der Waals surface area (Å²) in [6.45, 7) is 16.8. The molecular formula is C42H90Fe2O5S2. The summed E-state index contributed by atoms with van der Waals surface area (Å²) in [4.78, 5) is 0. The van der Waals surface area contributed by atoms with Crippen molar-refractivity contribution >= 4 is 23.5 Å². The van der Waals surface area contributed by atoms with Crippen LogP contribution in [0.4, 0.5) is 0 Å². The Hall–Kier alpha value is 1.54. The van der Waals surface area contributed by atoms with Crippen LogP contribution >= 0.6 is 23.5 Å². The van der Waals surface area contributed by atoms with Crippen molar-refractivity contribution in [2.24, 2.45) is 11.8 Å². The standard InChI is InChI=1S/2C14H28O2S.2C5H10.4CH3.2Fe.H2O/c2*1-14(2,3)17-13-8-4-6-12(13)7-5-10-16-11-9-15;2*1-2-4-5-3-1;;;;;;;/h2*12-13,15H,4-11H2,1-3H3;2*1-5H2;4*1H3;;;1H2/q;;;;4*-1;2*+2;. The molecule has 4 fully saturated rings. The molecule has 316 valence electrons. The first-order valence-electron chi connectivity index (χ1n) is 18.8. The van der Waals surface area contributed by atoms with Crippen LogP contribution in [0.1, 0.15) is 170 Å². The Morgan fingerprint density at radius 2 is 0.745 bits per heavy atom. The van der Waals surface area contributed by atoms with Gasteiger partial charge in [-0.15, -0.1) is 0 Å². The molecule has 0 amide bonds. The topological polar surface area (TPSA) is 90.4 Å². The minimum Gasteiger partial charge on any atom is -0.412 e. The molecule has 0 bridgehead atoms. The van der Waals surface area contributed by atoms with Gasteiger partial charge in [0, 0.05) is 33.2 Å². The molecule has 51 heavy (non-hydrogen) atoms. The van der Waals surface area contributed by atoms with Crippen molar-refractivity contribution < 1.29 is 59.3 Å². The number of thioether (sulfide) groups is 2. The molecule has 0 radical (unpaired) electrons. The van der Waals surface area contributed by atoms with Gasteiger partial charge < -0.3 is 54.9 Å². The molecule has 4 rings (SSSR count). The Morgan fingerprint density at radius 1 is 0.471 bits per heavy atom. The van der Waals surface area contributed by atoms with Crippen LogP contribution in [0.3, 0.4) is 0 Å². The fourth-order valence-corrected chi connectivity index (χ4v) is 10.2. The van der Waals surface area contributed by atoms with E-state index < -0.39 is 0 Å². The monoisotopic (exact) mass is 850 g/mol. The molecule has 4 aliphatic carbocycles. The zero-order chi connectivity index (χ0) is 32.5. The maximum atomic E-state index is 8.62. The van der Waals surface area contributed by atoms with E-state index in [2.05, 4.69) is 65.1 Å². The van der Waals surface area contributed by atoms with E-state index in [0.717, 1.165) is 48.4 Å². The molecule has 4 aliphatic rings. The molecule has 9 heteroatoms. The number of rotatable bonds is 14. The van der Waals surface area contributed by atoms with Crippen LogP contribution in [0.2, 0.25) is 0 Å². The minimum atomic E-state index is 0. The van der Waals surface area contributed by atoms with Crippen LogP contribution in [0.25, 0.3) is 0 Å². The van der Waals surface area contributed by atoms with Crippen molar-refractivity contribution in [3.05, 3.63) is 29.7 Å². The molecule has 0 spiro atoms. The second-order valence-electron chi connectivity index (χ2n) is 15.4. The fourth-order valence-electron chi connectivity index (χ4n) is 6.88. The predicted molar refractivity (Wildman–Crippen MR) is 227 cm³/mol. The van der Waals surface area contributed by atoms with Gasteiger partial charge >= 0.3 is 34.1 Å². The van der Waals surface area contributed by atoms with E-state index in [1.807, 2.05) is 0 Å². The van der Waals surface area contributed by atoms with E-state index in [1.54, 1.807) is 0 Å². The Morgan fingerprint density at radius 3 is 0.980 bits per heavy atom. The molecule has 0 saturated heterocycles. The number of aliphatic hydroxyl groups is 2. The summed E-state index contributed by atoms with van der Waals surface area (Å²) in [5.41, 5.74) is 0. The van der Waals surface area contributed by atoms with Crippen LogP contribution in [-0.2, 0) is 43.6 Å². The number of hydrogen-bond donors (Lipinski definition) is 2. The van der Waals surface area contributed by atoms with Crippen molar-refractivity contribution in [3.8, 4) is 0 Å². The summed E-state index contributed by atoms with van der Waals surface area (Å²) in [7, 11) is 0. The number of ether oxygens (including phenoxy) is 2. The van der Waals surface area contributed by atoms with Crippen molar-refractivity contribution in [2.75, 3.05) is 39.6 Å². The van der Waals surface area contributed by atoms with Crippen LogP contribution in [0, 0.1) is 41.5 Å². The molecule has 4 atom stereocenters. The zero-order valence-corrected chi connectivity index (χ0v) is 39.3. The van der Waals surface area contributed by atoms with Gasteiger partial charge in [-0.25, -0.2) is 0 Å². The Balaban J connectivity index is -0.000000107. The minimum absolute atomic E-state index is 0. The fraction of sp³-hybridized carbons (Fsp3) is 0.905. The van der Waals surface area contributed by atoms with Gasteiger partial charge in [-0.3, -0.25) is 0 Å². The van der Waals surface area contributed by atoms with Gasteiger partial charge in [0.2, 0.25) is 0 Å². The molecule has 0 aromatic rings. The Labute approximate surface area is 351 Å². The maximum absolute atomic E-state index is 8.62. The van der Waals surface area contributed by atoms with Gasteiger partial charge in [0.25, 0.3) is 0 Å². The van der Waals surface area contributed by atoms with Crippen LogP contribution in [0.5, 0.6) is 0 Å². The predicted octanol–water partition coefficient (Wildman–Crippen LogP) is 11.8. The van der Waals surface area contributed by atoms with E-state index >= 15 is 0 Å². The first-order valence-corrected chi connectivity index (χ1v) is 20.5. The molecule has 4 saturated carbocycles. The summed E-state index contributed by atoms with van der Waals surface area (Å²) < 4.78 is 11.4. The molecule has 0 heterocycles. The van der Waals surface area contributed by atoms with Gasteiger partial charge in [0.1, 0.15) is 0 Å². The van der Waals surface area contributed by atoms with Crippen LogP contribution in [-0.4, -0.2) is 75.3 Å². The van der Waals surface area contributed by atoms with E-state index in [1.165, 1.54) is 116 Å². The quantitative estimate of drug-likeness (QED) is 0.103. The van der Waals surface area contributed by atoms with E-state index in [0.29, 0.717) is 22.7 Å². The van der Waals surface area contributed by atoms with Crippen molar-refractivity contribution in [1.29, 1.82) is 0 Å². The van der Waals surface area contributed by atoms with E-state index in [-0.39, 0.29) is 82.5 Å². The smallest absolute Gasteiger partial charge is 0.412 e. The molecule has 0 aromatic carbocycles. The van der Waals surface area contributed by atoms with Gasteiger partial charge in [0.05, 0.1) is 26.4 Å². The third-order valence-electron chi connectivity index (χ3n) is 8.89. The van der Waals surface area contributed by atoms with Crippen molar-refractivity contribution in [3.63, 3.8) is 0 Å². The second-order valence-corrected chi connectivity index (χ2v) is 19.5. The van der Waals surface area contributed by atoms with Gasteiger partial charge in [-0.05, 0) is 63.2 Å². The van der Waals surface area contributed by atoms with Gasteiger partial charge in [-0.1, -0.05) is 119 Å². The van der Waals surface area contributed by atoms with Crippen molar-refractivity contribution in [1.82, 2.24) is 0 Å². The van der Waals surface area contributed by atoms with Gasteiger partial charge in [-0.2, -0.15) is 23.5 Å². The Bertz CT molecular complexity index is 572. The summed E-state index contributed by atoms with van der Waals surface area (Å²) in [5.74, 6) is 1.77. The molecule has 4 N–H and O–H groups in total. The first kappa shape index (κ1) is 67.3. The van der Waals surface area contributed by atoms with Gasteiger partial charge in [0.15, 0.2) is 0 Å². The summed E-state index contributed by atoms with van der Waals surface area (Å²) >= 11 is 4.32. The van der Waals surface area contributed by atoms with Crippen LogP contribution < -0.4 is 0 Å². The van der Waals surface area contributed by atoms with E-state index in [9.17, 15) is 0 Å². The molecule has 0 aliphatic heterocycles. The van der Waals surface area contributed by atoms with E-state index in [4.69, 9.17) is 19.7 Å². The molecular weight excluding hydrogens is 760 g/mol. The average molecular weight is 851 g/mol. The van der Waals surface area contributed by atoms with Crippen molar-refractivity contribution in [2.45, 2.75) is 190 Å². The normalized spacial score (nSPS) is 21.6. The summed E-state index contributed by atoms with van der Waals surface area (Å²) in [5, 5.41) is 18.9. The summed E-state index contributed by atoms with van der Waals surface area (Å²) in [6.07, 6.45) is 28.2. The first-order chi connectivity index (χ1) is 21.1. The number of hydrogen-bond acceptors (Lipinski definition) is 6. The number of aliphatic hydroxyl groups excluding tert-OH is 2. The molecule has 4 unspecified atom stereocenters. The zero-order valence-electron chi connectivity index (χ0n) is 35.4. The van der Waals surface area contributed by atoms with Crippen LogP contribution in [0.15, 0.2) is 0 Å². The Kier molecular flexibility index (Phi) is 56.3. The second kappa shape index (κ2) is 42.7. The maximum Gasteiger partial charge on any atom is 2.00 e. The summed E-state index contributed by atoms with van der Waals surface area (Å²) in [6, 6.07) is 0. The third kappa shape index (κ3) is 41.0. The third-order valence-corrected chi connectivity index (χ3v) is 12.1. The molecule has 5 nitrogen and oxygen atoms in total.